The van der Waals surface area contributed by atoms with E-state index in [0.29, 0.717) is 5.56 Å². The highest BCUT2D eigenvalue weighted by atomic mass is 16.4. The van der Waals surface area contributed by atoms with Gasteiger partial charge >= 0.3 is 5.97 Å². The van der Waals surface area contributed by atoms with Crippen LogP contribution in [-0.4, -0.2) is 11.1 Å². The summed E-state index contributed by atoms with van der Waals surface area (Å²) in [6, 6.07) is 14.2. The molecule has 2 aromatic rings. The topological polar surface area (TPSA) is 37.3 Å². The highest BCUT2D eigenvalue weighted by Crippen LogP contribution is 2.27. The van der Waals surface area contributed by atoms with Crippen LogP contribution in [0.15, 0.2) is 48.5 Å². The van der Waals surface area contributed by atoms with E-state index in [1.807, 2.05) is 12.1 Å². The minimum atomic E-state index is -0.870. The first-order valence-corrected chi connectivity index (χ1v) is 14.3. The van der Waals surface area contributed by atoms with E-state index in [1.165, 1.54) is 95.5 Å². The van der Waals surface area contributed by atoms with Gasteiger partial charge in [-0.3, -0.25) is 0 Å². The van der Waals surface area contributed by atoms with Crippen molar-refractivity contribution >= 4 is 12.0 Å². The second-order valence-electron chi connectivity index (χ2n) is 9.99. The molecule has 0 saturated carbocycles. The summed E-state index contributed by atoms with van der Waals surface area (Å²) in [7, 11) is 0. The lowest BCUT2D eigenvalue weighted by atomic mass is 9.95. The molecule has 2 rings (SSSR count). The molecule has 0 unspecified atom stereocenters. The molecule has 0 aliphatic heterocycles. The lowest BCUT2D eigenvalue weighted by molar-refractivity contribution is 0.0697. The molecule has 0 aliphatic carbocycles. The van der Waals surface area contributed by atoms with Gasteiger partial charge in [-0.2, -0.15) is 0 Å². The van der Waals surface area contributed by atoms with Crippen LogP contribution >= 0.6 is 0 Å². The van der Waals surface area contributed by atoms with Gasteiger partial charge < -0.3 is 5.11 Å². The van der Waals surface area contributed by atoms with Gasteiger partial charge in [0, 0.05) is 0 Å². The van der Waals surface area contributed by atoms with Crippen molar-refractivity contribution in [1.29, 1.82) is 0 Å². The van der Waals surface area contributed by atoms with Crippen molar-refractivity contribution < 1.29 is 9.90 Å². The summed E-state index contributed by atoms with van der Waals surface area (Å²) in [5.74, 6) is -0.870. The number of carboxylic acid groups (broad SMARTS) is 1. The predicted molar refractivity (Wildman–Crippen MR) is 152 cm³/mol. The van der Waals surface area contributed by atoms with E-state index in [2.05, 4.69) is 50.3 Å². The van der Waals surface area contributed by atoms with Gasteiger partial charge in [0.1, 0.15) is 0 Å². The normalized spacial score (nSPS) is 11.4. The van der Waals surface area contributed by atoms with Gasteiger partial charge in [-0.25, -0.2) is 4.79 Å². The molecule has 0 radical (unpaired) electrons. The molecule has 0 aliphatic rings. The number of rotatable bonds is 19. The van der Waals surface area contributed by atoms with E-state index in [-0.39, 0.29) is 0 Å². The SMILES string of the molecule is CCCCCCC/C=C/c1ccc(C(=O)O)c(-c2ccc(CCCCCCCCCCC)cc2)c1. The number of benzene rings is 2. The second kappa shape index (κ2) is 18.0. The van der Waals surface area contributed by atoms with E-state index in [1.54, 1.807) is 6.07 Å². The second-order valence-corrected chi connectivity index (χ2v) is 9.99. The Morgan fingerprint density at radius 3 is 1.89 bits per heavy atom. The zero-order valence-electron chi connectivity index (χ0n) is 22.4. The Labute approximate surface area is 214 Å². The van der Waals surface area contributed by atoms with Crippen molar-refractivity contribution in [3.63, 3.8) is 0 Å². The fraction of sp³-hybridized carbons (Fsp3) is 0.545. The molecule has 0 bridgehead atoms. The number of aromatic carboxylic acids is 1. The Morgan fingerprint density at radius 1 is 0.714 bits per heavy atom. The van der Waals surface area contributed by atoms with Crippen LogP contribution in [0.3, 0.4) is 0 Å². The Hall–Kier alpha value is -2.35. The minimum Gasteiger partial charge on any atom is -0.478 e. The number of carboxylic acids is 1. The lowest BCUT2D eigenvalue weighted by Crippen LogP contribution is -2.00. The van der Waals surface area contributed by atoms with Crippen LogP contribution in [0.2, 0.25) is 0 Å². The molecular formula is C33H48O2. The smallest absolute Gasteiger partial charge is 0.336 e. The summed E-state index contributed by atoms with van der Waals surface area (Å²) in [6.45, 7) is 4.51. The molecule has 2 aromatic carbocycles. The maximum atomic E-state index is 11.8. The summed E-state index contributed by atoms with van der Waals surface area (Å²) >= 11 is 0. The molecule has 2 nitrogen and oxygen atoms in total. The summed E-state index contributed by atoms with van der Waals surface area (Å²) in [6.07, 6.45) is 25.0. The van der Waals surface area contributed by atoms with Gasteiger partial charge in [-0.15, -0.1) is 0 Å². The third kappa shape index (κ3) is 11.8. The Balaban J connectivity index is 1.87. The number of carbonyl (C=O) groups is 1. The van der Waals surface area contributed by atoms with E-state index in [0.717, 1.165) is 29.5 Å². The first-order valence-electron chi connectivity index (χ1n) is 14.3. The molecule has 0 atom stereocenters. The van der Waals surface area contributed by atoms with Crippen molar-refractivity contribution in [3.8, 4) is 11.1 Å². The quantitative estimate of drug-likeness (QED) is 0.205. The summed E-state index contributed by atoms with van der Waals surface area (Å²) in [4.78, 5) is 11.8. The van der Waals surface area contributed by atoms with Gasteiger partial charge in [0.2, 0.25) is 0 Å². The van der Waals surface area contributed by atoms with Gasteiger partial charge in [-0.1, -0.05) is 133 Å². The highest BCUT2D eigenvalue weighted by Gasteiger charge is 2.12. The van der Waals surface area contributed by atoms with E-state index in [9.17, 15) is 9.90 Å². The first kappa shape index (κ1) is 28.9. The molecule has 0 amide bonds. The molecule has 0 aromatic heterocycles. The van der Waals surface area contributed by atoms with Gasteiger partial charge in [0.15, 0.2) is 0 Å². The van der Waals surface area contributed by atoms with Crippen molar-refractivity contribution in [3.05, 3.63) is 65.2 Å². The highest BCUT2D eigenvalue weighted by molar-refractivity contribution is 5.96. The van der Waals surface area contributed by atoms with Crippen LogP contribution in [0, 0.1) is 0 Å². The molecule has 0 spiro atoms. The van der Waals surface area contributed by atoms with Crippen LogP contribution in [0.1, 0.15) is 132 Å². The molecule has 0 fully saturated rings. The zero-order valence-corrected chi connectivity index (χ0v) is 22.4. The summed E-state index contributed by atoms with van der Waals surface area (Å²) < 4.78 is 0. The van der Waals surface area contributed by atoms with Crippen molar-refractivity contribution in [1.82, 2.24) is 0 Å². The lowest BCUT2D eigenvalue weighted by Gasteiger charge is -2.09. The molecule has 35 heavy (non-hydrogen) atoms. The van der Waals surface area contributed by atoms with E-state index >= 15 is 0 Å². The standard InChI is InChI=1S/C33H48O2/c1-3-5-7-9-11-12-14-15-17-19-28-21-24-30(25-22-28)32-27-29(23-26-31(32)33(34)35)20-18-16-13-10-8-6-4-2/h18,20-27H,3-17,19H2,1-2H3,(H,34,35)/b20-18+. The Morgan fingerprint density at radius 2 is 1.29 bits per heavy atom. The van der Waals surface area contributed by atoms with Crippen LogP contribution < -0.4 is 0 Å². The van der Waals surface area contributed by atoms with Crippen LogP contribution in [0.5, 0.6) is 0 Å². The number of hydrogen-bond donors (Lipinski definition) is 1. The Kier molecular flexibility index (Phi) is 14.8. The van der Waals surface area contributed by atoms with E-state index < -0.39 is 5.97 Å². The number of allylic oxidation sites excluding steroid dienone is 1. The van der Waals surface area contributed by atoms with Gasteiger partial charge in [-0.05, 0) is 60.1 Å². The first-order chi connectivity index (χ1) is 17.2. The largest absolute Gasteiger partial charge is 0.478 e. The number of unbranched alkanes of at least 4 members (excludes halogenated alkanes) is 13. The fourth-order valence-electron chi connectivity index (χ4n) is 4.67. The molecule has 192 valence electrons. The zero-order chi connectivity index (χ0) is 25.1. The summed E-state index contributed by atoms with van der Waals surface area (Å²) in [5.41, 5.74) is 4.56. The number of hydrogen-bond acceptors (Lipinski definition) is 1. The molecule has 2 heteroatoms. The number of aryl methyl sites for hydroxylation is 1. The maximum Gasteiger partial charge on any atom is 0.336 e. The Bertz CT molecular complexity index is 863. The van der Waals surface area contributed by atoms with Crippen molar-refractivity contribution in [2.75, 3.05) is 0 Å². The van der Waals surface area contributed by atoms with Gasteiger partial charge in [0.05, 0.1) is 5.56 Å². The van der Waals surface area contributed by atoms with Crippen molar-refractivity contribution in [2.24, 2.45) is 0 Å². The fourth-order valence-corrected chi connectivity index (χ4v) is 4.67. The third-order valence-corrected chi connectivity index (χ3v) is 6.89. The monoisotopic (exact) mass is 476 g/mol. The van der Waals surface area contributed by atoms with Crippen LogP contribution in [-0.2, 0) is 6.42 Å². The molecule has 0 heterocycles. The van der Waals surface area contributed by atoms with Gasteiger partial charge in [0.25, 0.3) is 0 Å². The third-order valence-electron chi connectivity index (χ3n) is 6.89. The molecular weight excluding hydrogens is 428 g/mol. The molecule has 1 N–H and O–H groups in total. The van der Waals surface area contributed by atoms with Crippen LogP contribution in [0.4, 0.5) is 0 Å². The minimum absolute atomic E-state index is 0.369. The maximum absolute atomic E-state index is 11.8. The predicted octanol–water partition coefficient (Wildman–Crippen LogP) is 10.5. The van der Waals surface area contributed by atoms with E-state index in [4.69, 9.17) is 0 Å². The average molecular weight is 477 g/mol. The van der Waals surface area contributed by atoms with Crippen molar-refractivity contribution in [2.45, 2.75) is 117 Å². The summed E-state index contributed by atoms with van der Waals surface area (Å²) in [5, 5.41) is 9.72. The van der Waals surface area contributed by atoms with Crippen LogP contribution in [0.25, 0.3) is 17.2 Å². The average Bonchev–Trinajstić information content (AvgIpc) is 2.87. The molecule has 0 saturated heterocycles.